The van der Waals surface area contributed by atoms with Gasteiger partial charge in [-0.05, 0) is 24.3 Å². The summed E-state index contributed by atoms with van der Waals surface area (Å²) in [4.78, 5) is 32.8. The van der Waals surface area contributed by atoms with E-state index in [4.69, 9.17) is 9.84 Å². The van der Waals surface area contributed by atoms with Crippen LogP contribution in [0.5, 0.6) is 5.75 Å². The van der Waals surface area contributed by atoms with E-state index in [0.717, 1.165) is 0 Å². The number of carbonyl (C=O) groups excluding carboxylic acids is 2. The van der Waals surface area contributed by atoms with Crippen LogP contribution in [0, 0.1) is 0 Å². The van der Waals surface area contributed by atoms with Gasteiger partial charge in [-0.25, -0.2) is 4.79 Å². The van der Waals surface area contributed by atoms with Crippen molar-refractivity contribution < 1.29 is 24.2 Å². The second-order valence-corrected chi connectivity index (χ2v) is 3.62. The maximum Gasteiger partial charge on any atom is 0.325 e. The number of ether oxygens (including phenoxy) is 1. The van der Waals surface area contributed by atoms with Crippen molar-refractivity contribution in [2.75, 3.05) is 12.4 Å². The molecule has 0 unspecified atom stereocenters. The van der Waals surface area contributed by atoms with Gasteiger partial charge < -0.3 is 15.2 Å². The molecular weight excluding hydrogens is 252 g/mol. The number of benzene rings is 1. The minimum atomic E-state index is -1.09. The van der Waals surface area contributed by atoms with Crippen LogP contribution in [0.1, 0.15) is 12.8 Å². The highest BCUT2D eigenvalue weighted by Gasteiger charge is 2.09. The van der Waals surface area contributed by atoms with Crippen LogP contribution < -0.4 is 15.4 Å². The molecule has 0 heterocycles. The average molecular weight is 266 g/mol. The molecule has 7 nitrogen and oxygen atoms in total. The molecule has 0 aliphatic rings. The number of nitrogens with one attached hydrogen (secondary N) is 2. The van der Waals surface area contributed by atoms with Gasteiger partial charge in [0.05, 0.1) is 13.5 Å². The Bertz CT molecular complexity index is 470. The van der Waals surface area contributed by atoms with Crippen LogP contribution >= 0.6 is 0 Å². The Morgan fingerprint density at radius 1 is 1.16 bits per heavy atom. The molecule has 0 fully saturated rings. The van der Waals surface area contributed by atoms with E-state index in [0.29, 0.717) is 11.4 Å². The van der Waals surface area contributed by atoms with Gasteiger partial charge in [0.15, 0.2) is 0 Å². The number of methoxy groups -OCH3 is 1. The zero-order valence-corrected chi connectivity index (χ0v) is 10.3. The highest BCUT2D eigenvalue weighted by Crippen LogP contribution is 2.14. The average Bonchev–Trinajstić information content (AvgIpc) is 2.37. The van der Waals surface area contributed by atoms with E-state index >= 15 is 0 Å². The first-order valence-electron chi connectivity index (χ1n) is 5.48. The monoisotopic (exact) mass is 266 g/mol. The number of carboxylic acid groups (broad SMARTS) is 1. The van der Waals surface area contributed by atoms with Crippen LogP contribution in [-0.2, 0) is 9.59 Å². The number of amides is 3. The Morgan fingerprint density at radius 2 is 1.79 bits per heavy atom. The SMILES string of the molecule is COc1ccc(NC(=O)NC(=O)CCC(=O)O)cc1. The third kappa shape index (κ3) is 5.53. The second-order valence-electron chi connectivity index (χ2n) is 3.62. The van der Waals surface area contributed by atoms with Crippen molar-refractivity contribution >= 4 is 23.6 Å². The number of anilines is 1. The van der Waals surface area contributed by atoms with Crippen molar-refractivity contribution in [2.24, 2.45) is 0 Å². The van der Waals surface area contributed by atoms with E-state index in [1.807, 2.05) is 5.32 Å². The summed E-state index contributed by atoms with van der Waals surface area (Å²) in [7, 11) is 1.52. The van der Waals surface area contributed by atoms with Crippen LogP contribution in [-0.4, -0.2) is 30.1 Å². The minimum absolute atomic E-state index is 0.245. The number of imide groups is 1. The lowest BCUT2D eigenvalue weighted by Gasteiger charge is -2.07. The third-order valence-corrected chi connectivity index (χ3v) is 2.17. The fraction of sp³-hybridized carbons (Fsp3) is 0.250. The molecule has 1 aromatic carbocycles. The van der Waals surface area contributed by atoms with Gasteiger partial charge in [0.1, 0.15) is 5.75 Å². The summed E-state index contributed by atoms with van der Waals surface area (Å²) >= 11 is 0. The van der Waals surface area contributed by atoms with Gasteiger partial charge in [-0.3, -0.25) is 14.9 Å². The summed E-state index contributed by atoms with van der Waals surface area (Å²) in [6.07, 6.45) is -0.562. The van der Waals surface area contributed by atoms with E-state index in [1.54, 1.807) is 24.3 Å². The summed E-state index contributed by atoms with van der Waals surface area (Å²) in [5.74, 6) is -1.09. The fourth-order valence-electron chi connectivity index (χ4n) is 1.25. The summed E-state index contributed by atoms with van der Waals surface area (Å²) in [5, 5.41) is 12.9. The lowest BCUT2D eigenvalue weighted by Crippen LogP contribution is -2.34. The van der Waals surface area contributed by atoms with Crippen LogP contribution in [0.4, 0.5) is 10.5 Å². The molecule has 0 bridgehead atoms. The molecule has 0 saturated carbocycles. The largest absolute Gasteiger partial charge is 0.497 e. The summed E-state index contributed by atoms with van der Waals surface area (Å²) < 4.78 is 4.96. The van der Waals surface area contributed by atoms with Gasteiger partial charge in [0, 0.05) is 12.1 Å². The van der Waals surface area contributed by atoms with Crippen LogP contribution in [0.25, 0.3) is 0 Å². The van der Waals surface area contributed by atoms with Crippen molar-refractivity contribution in [1.29, 1.82) is 0 Å². The Morgan fingerprint density at radius 3 is 2.32 bits per heavy atom. The number of hydrogen-bond acceptors (Lipinski definition) is 4. The van der Waals surface area contributed by atoms with Crippen molar-refractivity contribution in [3.05, 3.63) is 24.3 Å². The number of rotatable bonds is 5. The molecule has 7 heteroatoms. The minimum Gasteiger partial charge on any atom is -0.497 e. The van der Waals surface area contributed by atoms with Gasteiger partial charge in [-0.2, -0.15) is 0 Å². The first-order chi connectivity index (χ1) is 9.01. The second kappa shape index (κ2) is 7.00. The molecular formula is C12H14N2O5. The van der Waals surface area contributed by atoms with Gasteiger partial charge in [-0.15, -0.1) is 0 Å². The molecule has 0 aromatic heterocycles. The molecule has 19 heavy (non-hydrogen) atoms. The summed E-state index contributed by atoms with van der Waals surface area (Å²) in [6.45, 7) is 0. The van der Waals surface area contributed by atoms with Gasteiger partial charge in [0.2, 0.25) is 5.91 Å². The normalized spacial score (nSPS) is 9.53. The lowest BCUT2D eigenvalue weighted by atomic mass is 10.3. The highest BCUT2D eigenvalue weighted by atomic mass is 16.5. The molecule has 0 atom stereocenters. The zero-order chi connectivity index (χ0) is 14.3. The molecule has 3 N–H and O–H groups in total. The van der Waals surface area contributed by atoms with Crippen molar-refractivity contribution in [3.8, 4) is 5.75 Å². The zero-order valence-electron chi connectivity index (χ0n) is 10.3. The molecule has 1 rings (SSSR count). The van der Waals surface area contributed by atoms with Crippen molar-refractivity contribution in [2.45, 2.75) is 12.8 Å². The Balaban J connectivity index is 2.41. The van der Waals surface area contributed by atoms with Crippen LogP contribution in [0.2, 0.25) is 0 Å². The maximum absolute atomic E-state index is 11.4. The van der Waals surface area contributed by atoms with Gasteiger partial charge >= 0.3 is 12.0 Å². The van der Waals surface area contributed by atoms with Gasteiger partial charge in [-0.1, -0.05) is 0 Å². The summed E-state index contributed by atoms with van der Waals surface area (Å²) in [6, 6.07) is 5.82. The van der Waals surface area contributed by atoms with Crippen LogP contribution in [0.3, 0.4) is 0 Å². The third-order valence-electron chi connectivity index (χ3n) is 2.17. The molecule has 1 aromatic rings. The number of aliphatic carboxylic acids is 1. The number of urea groups is 1. The molecule has 3 amide bonds. The lowest BCUT2D eigenvalue weighted by molar-refractivity contribution is -0.138. The van der Waals surface area contributed by atoms with E-state index in [2.05, 4.69) is 5.32 Å². The van der Waals surface area contributed by atoms with E-state index in [1.165, 1.54) is 7.11 Å². The van der Waals surface area contributed by atoms with Gasteiger partial charge in [0.25, 0.3) is 0 Å². The number of carboxylic acids is 1. The van der Waals surface area contributed by atoms with Crippen LogP contribution in [0.15, 0.2) is 24.3 Å². The van der Waals surface area contributed by atoms with E-state index in [9.17, 15) is 14.4 Å². The molecule has 0 aliphatic heterocycles. The highest BCUT2D eigenvalue weighted by molar-refractivity contribution is 6.01. The Labute approximate surface area is 109 Å². The quantitative estimate of drug-likeness (QED) is 0.743. The maximum atomic E-state index is 11.4. The predicted octanol–water partition coefficient (Wildman–Crippen LogP) is 1.21. The van der Waals surface area contributed by atoms with E-state index < -0.39 is 17.9 Å². The number of carbonyl (C=O) groups is 3. The first-order valence-corrected chi connectivity index (χ1v) is 5.48. The topological polar surface area (TPSA) is 105 Å². The smallest absolute Gasteiger partial charge is 0.325 e. The molecule has 102 valence electrons. The van der Waals surface area contributed by atoms with Crippen molar-refractivity contribution in [3.63, 3.8) is 0 Å². The molecule has 0 aliphatic carbocycles. The molecule has 0 spiro atoms. The predicted molar refractivity (Wildman–Crippen MR) is 67.0 cm³/mol. The molecule has 0 radical (unpaired) electrons. The standard InChI is InChI=1S/C12H14N2O5/c1-19-9-4-2-8(3-5-9)13-12(18)14-10(15)6-7-11(16)17/h2-5H,6-7H2,1H3,(H,16,17)(H2,13,14,15,18). The first kappa shape index (κ1) is 14.5. The van der Waals surface area contributed by atoms with Crippen molar-refractivity contribution in [1.82, 2.24) is 5.32 Å². The fourth-order valence-corrected chi connectivity index (χ4v) is 1.25. The van der Waals surface area contributed by atoms with E-state index in [-0.39, 0.29) is 12.8 Å². The number of hydrogen-bond donors (Lipinski definition) is 3. The molecule has 0 saturated heterocycles. The Hall–Kier alpha value is -2.57. The Kier molecular flexibility index (Phi) is 5.34. The summed E-state index contributed by atoms with van der Waals surface area (Å²) in [5.41, 5.74) is 0.490.